The average Bonchev–Trinajstić information content (AvgIpc) is 2.69. The maximum absolute atomic E-state index is 11.6. The van der Waals surface area contributed by atoms with Gasteiger partial charge in [0.25, 0.3) is 0 Å². The molecule has 4 rings (SSSR count). The molecule has 2 atom stereocenters. The zero-order chi connectivity index (χ0) is 18.7. The van der Waals surface area contributed by atoms with Crippen molar-refractivity contribution in [2.45, 2.75) is 62.4 Å². The van der Waals surface area contributed by atoms with Gasteiger partial charge in [0.05, 0.1) is 5.60 Å². The van der Waals surface area contributed by atoms with E-state index in [0.717, 1.165) is 64.5 Å². The third-order valence-corrected chi connectivity index (χ3v) is 6.91. The number of fused-ring (bicyclic) bond motifs is 3. The number of rotatable bonds is 6. The van der Waals surface area contributed by atoms with E-state index in [0.29, 0.717) is 5.75 Å². The van der Waals surface area contributed by atoms with Crippen molar-refractivity contribution < 1.29 is 10.2 Å². The quantitative estimate of drug-likeness (QED) is 0.676. The Morgan fingerprint density at radius 2 is 1.74 bits per heavy atom. The van der Waals surface area contributed by atoms with Crippen LogP contribution in [0.2, 0.25) is 0 Å². The van der Waals surface area contributed by atoms with Crippen molar-refractivity contribution in [3.8, 4) is 5.75 Å². The normalized spacial score (nSPS) is 27.0. The minimum atomic E-state index is -0.632. The first-order valence-corrected chi connectivity index (χ1v) is 10.4. The number of aliphatic hydroxyl groups is 1. The van der Waals surface area contributed by atoms with Crippen molar-refractivity contribution in [2.24, 2.45) is 0 Å². The zero-order valence-electron chi connectivity index (χ0n) is 16.1. The van der Waals surface area contributed by atoms with E-state index in [1.165, 1.54) is 16.7 Å². The first-order valence-electron chi connectivity index (χ1n) is 10.4. The van der Waals surface area contributed by atoms with E-state index >= 15 is 0 Å². The maximum atomic E-state index is 11.6. The predicted molar refractivity (Wildman–Crippen MR) is 109 cm³/mol. The monoisotopic (exact) mass is 365 g/mol. The summed E-state index contributed by atoms with van der Waals surface area (Å²) in [6.45, 7) is 1.84. The fraction of sp³-hybridized carbons (Fsp3) is 0.500. The van der Waals surface area contributed by atoms with Crippen LogP contribution in [0.5, 0.6) is 5.75 Å². The summed E-state index contributed by atoms with van der Waals surface area (Å²) < 4.78 is 0. The van der Waals surface area contributed by atoms with Crippen LogP contribution in [-0.2, 0) is 18.3 Å². The minimum Gasteiger partial charge on any atom is -0.508 e. The Labute approximate surface area is 162 Å². The molecule has 27 heavy (non-hydrogen) atoms. The highest BCUT2D eigenvalue weighted by molar-refractivity contribution is 5.45. The van der Waals surface area contributed by atoms with E-state index in [-0.39, 0.29) is 5.41 Å². The van der Waals surface area contributed by atoms with Gasteiger partial charge in [0, 0.05) is 5.41 Å². The Morgan fingerprint density at radius 3 is 2.59 bits per heavy atom. The van der Waals surface area contributed by atoms with Crippen LogP contribution in [0.15, 0.2) is 48.5 Å². The summed E-state index contributed by atoms with van der Waals surface area (Å²) in [6, 6.07) is 16.3. The molecule has 0 radical (unpaired) electrons. The summed E-state index contributed by atoms with van der Waals surface area (Å²) in [5.41, 5.74) is 3.00. The lowest BCUT2D eigenvalue weighted by Gasteiger charge is -2.55. The standard InChI is InChI=1S/C24H31NO2/c26-21-9-8-20-10-14-24(27)13-5-4-12-23(24,22(20)18-21)15-17-25-16-11-19-6-2-1-3-7-19/h1-3,6-9,18,25-27H,4-5,10-17H2/t23-,24+/m1/s1. The zero-order valence-corrected chi connectivity index (χ0v) is 16.1. The average molecular weight is 366 g/mol. The lowest BCUT2D eigenvalue weighted by molar-refractivity contribution is -0.0869. The van der Waals surface area contributed by atoms with Crippen molar-refractivity contribution in [3.05, 3.63) is 65.2 Å². The highest BCUT2D eigenvalue weighted by atomic mass is 16.3. The molecule has 0 unspecified atom stereocenters. The van der Waals surface area contributed by atoms with Crippen LogP contribution in [0.4, 0.5) is 0 Å². The van der Waals surface area contributed by atoms with Gasteiger partial charge in [-0.25, -0.2) is 0 Å². The van der Waals surface area contributed by atoms with Gasteiger partial charge in [-0.3, -0.25) is 0 Å². The molecule has 2 aliphatic carbocycles. The lowest BCUT2D eigenvalue weighted by Crippen LogP contribution is -2.57. The SMILES string of the molecule is Oc1ccc2c(c1)[C@]1(CCNCCc3ccccc3)CCCC[C@]1(O)CC2. The second-order valence-corrected chi connectivity index (χ2v) is 8.40. The number of phenols is 1. The molecule has 0 aliphatic heterocycles. The number of hydrogen-bond donors (Lipinski definition) is 3. The Balaban J connectivity index is 1.48. The van der Waals surface area contributed by atoms with Gasteiger partial charge >= 0.3 is 0 Å². The largest absolute Gasteiger partial charge is 0.508 e. The van der Waals surface area contributed by atoms with Gasteiger partial charge in [0.15, 0.2) is 0 Å². The van der Waals surface area contributed by atoms with Gasteiger partial charge in [0.2, 0.25) is 0 Å². The molecule has 0 heterocycles. The predicted octanol–water partition coefficient (Wildman–Crippen LogP) is 4.10. The van der Waals surface area contributed by atoms with Crippen molar-refractivity contribution in [3.63, 3.8) is 0 Å². The summed E-state index contributed by atoms with van der Waals surface area (Å²) in [5, 5.41) is 25.3. The van der Waals surface area contributed by atoms with Gasteiger partial charge in [-0.05, 0) is 80.4 Å². The fourth-order valence-electron chi connectivity index (χ4n) is 5.43. The van der Waals surface area contributed by atoms with Crippen LogP contribution in [0.25, 0.3) is 0 Å². The van der Waals surface area contributed by atoms with E-state index < -0.39 is 5.60 Å². The van der Waals surface area contributed by atoms with Crippen LogP contribution < -0.4 is 5.32 Å². The number of hydrogen-bond acceptors (Lipinski definition) is 3. The smallest absolute Gasteiger partial charge is 0.115 e. The summed E-state index contributed by atoms with van der Waals surface area (Å²) in [5.74, 6) is 0.319. The third-order valence-electron chi connectivity index (χ3n) is 6.91. The maximum Gasteiger partial charge on any atom is 0.115 e. The number of aromatic hydroxyl groups is 1. The molecule has 0 aromatic heterocycles. The van der Waals surface area contributed by atoms with Crippen LogP contribution in [0.1, 0.15) is 55.2 Å². The van der Waals surface area contributed by atoms with Gasteiger partial charge in [-0.15, -0.1) is 0 Å². The van der Waals surface area contributed by atoms with Crippen molar-refractivity contribution in [1.29, 1.82) is 0 Å². The Morgan fingerprint density at radius 1 is 0.926 bits per heavy atom. The number of nitrogens with one attached hydrogen (secondary N) is 1. The van der Waals surface area contributed by atoms with E-state index in [1.54, 1.807) is 6.07 Å². The molecule has 3 nitrogen and oxygen atoms in total. The van der Waals surface area contributed by atoms with Crippen molar-refractivity contribution in [1.82, 2.24) is 5.32 Å². The van der Waals surface area contributed by atoms with E-state index in [4.69, 9.17) is 0 Å². The second-order valence-electron chi connectivity index (χ2n) is 8.40. The molecular weight excluding hydrogens is 334 g/mol. The topological polar surface area (TPSA) is 52.5 Å². The molecule has 2 aromatic rings. The van der Waals surface area contributed by atoms with Crippen molar-refractivity contribution in [2.75, 3.05) is 13.1 Å². The van der Waals surface area contributed by atoms with Gasteiger partial charge in [0.1, 0.15) is 5.75 Å². The summed E-state index contributed by atoms with van der Waals surface area (Å²) >= 11 is 0. The molecule has 0 saturated heterocycles. The highest BCUT2D eigenvalue weighted by Crippen LogP contribution is 2.55. The van der Waals surface area contributed by atoms with Gasteiger partial charge in [-0.2, -0.15) is 0 Å². The van der Waals surface area contributed by atoms with Gasteiger partial charge in [-0.1, -0.05) is 49.2 Å². The van der Waals surface area contributed by atoms with E-state index in [1.807, 2.05) is 6.07 Å². The van der Waals surface area contributed by atoms with Crippen LogP contribution in [-0.4, -0.2) is 28.9 Å². The molecule has 2 aliphatic rings. The molecular formula is C24H31NO2. The summed E-state index contributed by atoms with van der Waals surface area (Å²) in [6.07, 6.45) is 7.86. The van der Waals surface area contributed by atoms with Crippen LogP contribution in [0.3, 0.4) is 0 Å². The summed E-state index contributed by atoms with van der Waals surface area (Å²) in [4.78, 5) is 0. The summed E-state index contributed by atoms with van der Waals surface area (Å²) in [7, 11) is 0. The molecule has 0 spiro atoms. The first-order chi connectivity index (χ1) is 13.1. The van der Waals surface area contributed by atoms with E-state index in [9.17, 15) is 10.2 Å². The fourth-order valence-corrected chi connectivity index (χ4v) is 5.43. The molecule has 2 aromatic carbocycles. The molecule has 1 saturated carbocycles. The lowest BCUT2D eigenvalue weighted by atomic mass is 9.53. The van der Waals surface area contributed by atoms with Crippen LogP contribution >= 0.6 is 0 Å². The minimum absolute atomic E-state index is 0.225. The van der Waals surface area contributed by atoms with Crippen LogP contribution in [0, 0.1) is 0 Å². The third kappa shape index (κ3) is 3.51. The Bertz CT molecular complexity index is 775. The molecule has 0 amide bonds. The molecule has 144 valence electrons. The molecule has 3 heteroatoms. The van der Waals surface area contributed by atoms with E-state index in [2.05, 4.69) is 41.7 Å². The number of benzene rings is 2. The van der Waals surface area contributed by atoms with Crippen molar-refractivity contribution >= 4 is 0 Å². The molecule has 1 fully saturated rings. The number of phenolic OH excluding ortho intramolecular Hbond substituents is 1. The first kappa shape index (κ1) is 18.5. The Kier molecular flexibility index (Phi) is 5.25. The highest BCUT2D eigenvalue weighted by Gasteiger charge is 2.54. The second kappa shape index (κ2) is 7.65. The Hall–Kier alpha value is -1.84. The number of aryl methyl sites for hydroxylation is 1. The van der Waals surface area contributed by atoms with Gasteiger partial charge < -0.3 is 15.5 Å². The molecule has 3 N–H and O–H groups in total. The molecule has 0 bridgehead atoms.